The summed E-state index contributed by atoms with van der Waals surface area (Å²) in [5, 5.41) is 0. The number of benzene rings is 2. The van der Waals surface area contributed by atoms with Crippen LogP contribution in [-0.2, 0) is 17.6 Å². The fourth-order valence-corrected chi connectivity index (χ4v) is 5.30. The molecule has 0 radical (unpaired) electrons. The van der Waals surface area contributed by atoms with Crippen LogP contribution in [0.4, 0.5) is 0 Å². The number of aryl methyl sites for hydroxylation is 1. The van der Waals surface area contributed by atoms with E-state index < -0.39 is 0 Å². The highest BCUT2D eigenvalue weighted by molar-refractivity contribution is 5.75. The summed E-state index contributed by atoms with van der Waals surface area (Å²) in [6, 6.07) is 18.2. The number of hydrogen-bond donors (Lipinski definition) is 0. The molecule has 4 nitrogen and oxygen atoms in total. The van der Waals surface area contributed by atoms with Crippen LogP contribution in [0.15, 0.2) is 60.8 Å². The zero-order chi connectivity index (χ0) is 28.6. The van der Waals surface area contributed by atoms with Crippen molar-refractivity contribution in [1.82, 2.24) is 9.97 Å². The van der Waals surface area contributed by atoms with Gasteiger partial charge in [0, 0.05) is 23.4 Å². The number of esters is 1. The van der Waals surface area contributed by atoms with E-state index in [1.807, 2.05) is 37.4 Å². The Morgan fingerprint density at radius 3 is 2.25 bits per heavy atom. The number of aromatic nitrogens is 2. The molecular formula is C36H50N2O2. The maximum absolute atomic E-state index is 13.0. The number of nitrogens with zero attached hydrogens (tertiary/aromatic N) is 2. The van der Waals surface area contributed by atoms with Gasteiger partial charge in [0.1, 0.15) is 5.75 Å². The third-order valence-electron chi connectivity index (χ3n) is 7.89. The first-order valence-corrected chi connectivity index (χ1v) is 15.8. The summed E-state index contributed by atoms with van der Waals surface area (Å²) in [4.78, 5) is 22.6. The van der Waals surface area contributed by atoms with Gasteiger partial charge in [-0.2, -0.15) is 0 Å². The molecule has 2 aromatic carbocycles. The summed E-state index contributed by atoms with van der Waals surface area (Å²) >= 11 is 0. The zero-order valence-electron chi connectivity index (χ0n) is 25.3. The van der Waals surface area contributed by atoms with Gasteiger partial charge in [0.05, 0.1) is 5.92 Å². The molecule has 40 heavy (non-hydrogen) atoms. The highest BCUT2D eigenvalue weighted by Gasteiger charge is 2.20. The van der Waals surface area contributed by atoms with Gasteiger partial charge in [0.25, 0.3) is 0 Å². The first-order chi connectivity index (χ1) is 19.5. The van der Waals surface area contributed by atoms with Crippen molar-refractivity contribution in [2.24, 2.45) is 5.92 Å². The Kier molecular flexibility index (Phi) is 13.9. The summed E-state index contributed by atoms with van der Waals surface area (Å²) in [5.74, 6) is 1.30. The molecule has 0 aliphatic rings. The molecule has 0 spiro atoms. The van der Waals surface area contributed by atoms with E-state index in [1.165, 1.54) is 63.4 Å². The molecule has 3 aromatic rings. The van der Waals surface area contributed by atoms with Gasteiger partial charge in [-0.3, -0.25) is 4.79 Å². The van der Waals surface area contributed by atoms with Crippen molar-refractivity contribution in [2.75, 3.05) is 0 Å². The number of unbranched alkanes of at least 4 members (excludes halogenated alkanes) is 7. The van der Waals surface area contributed by atoms with Crippen LogP contribution in [0.25, 0.3) is 11.4 Å². The largest absolute Gasteiger partial charge is 0.426 e. The average molecular weight is 543 g/mol. The third-order valence-corrected chi connectivity index (χ3v) is 7.89. The molecule has 0 saturated carbocycles. The molecule has 4 heteroatoms. The van der Waals surface area contributed by atoms with Crippen LogP contribution < -0.4 is 4.74 Å². The first-order valence-electron chi connectivity index (χ1n) is 15.8. The summed E-state index contributed by atoms with van der Waals surface area (Å²) in [7, 11) is 0. The Bertz CT molecular complexity index is 1140. The number of carbonyl (C=O) groups excluding carboxylic acids is 1. The Hall–Kier alpha value is -3.01. The van der Waals surface area contributed by atoms with Crippen molar-refractivity contribution in [3.05, 3.63) is 77.6 Å². The minimum absolute atomic E-state index is 0.213. The van der Waals surface area contributed by atoms with E-state index in [-0.39, 0.29) is 11.9 Å². The lowest BCUT2D eigenvalue weighted by Crippen LogP contribution is -2.20. The van der Waals surface area contributed by atoms with E-state index in [0.29, 0.717) is 18.1 Å². The van der Waals surface area contributed by atoms with Gasteiger partial charge in [-0.25, -0.2) is 9.97 Å². The van der Waals surface area contributed by atoms with Gasteiger partial charge in [-0.1, -0.05) is 115 Å². The summed E-state index contributed by atoms with van der Waals surface area (Å²) in [6.07, 6.45) is 17.3. The van der Waals surface area contributed by atoms with E-state index in [1.54, 1.807) is 0 Å². The molecule has 0 aliphatic carbocycles. The third kappa shape index (κ3) is 10.2. The summed E-state index contributed by atoms with van der Waals surface area (Å²) in [5.41, 5.74) is 4.47. The van der Waals surface area contributed by atoms with E-state index in [0.717, 1.165) is 41.9 Å². The standard InChI is InChI=1S/C36H50N2O2/c1-5-8-10-11-12-13-14-17-29-21-23-32(24-22-29)40-36(39)28(4)27-31-19-15-16-20-33(31)35-37-26-25-34(38-35)30(7-3)18-9-6-2/h15-16,19-26,28,30H,5-14,17-18,27H2,1-4H3. The minimum Gasteiger partial charge on any atom is -0.426 e. The molecule has 0 bridgehead atoms. The molecule has 0 fully saturated rings. The molecule has 0 aliphatic heterocycles. The highest BCUT2D eigenvalue weighted by atomic mass is 16.5. The normalized spacial score (nSPS) is 12.7. The van der Waals surface area contributed by atoms with Gasteiger partial charge in [0.2, 0.25) is 0 Å². The molecule has 0 N–H and O–H groups in total. The van der Waals surface area contributed by atoms with E-state index in [4.69, 9.17) is 9.72 Å². The smallest absolute Gasteiger partial charge is 0.314 e. The molecule has 2 unspecified atom stereocenters. The quantitative estimate of drug-likeness (QED) is 0.0911. The maximum Gasteiger partial charge on any atom is 0.314 e. The zero-order valence-corrected chi connectivity index (χ0v) is 25.3. The second kappa shape index (κ2) is 17.6. The molecule has 2 atom stereocenters. The van der Waals surface area contributed by atoms with Crippen molar-refractivity contribution >= 4 is 5.97 Å². The van der Waals surface area contributed by atoms with Gasteiger partial charge in [-0.15, -0.1) is 0 Å². The lowest BCUT2D eigenvalue weighted by Gasteiger charge is -2.16. The Morgan fingerprint density at radius 2 is 1.52 bits per heavy atom. The van der Waals surface area contributed by atoms with Crippen LogP contribution in [0.1, 0.15) is 121 Å². The van der Waals surface area contributed by atoms with Crippen molar-refractivity contribution in [1.29, 1.82) is 0 Å². The Balaban J connectivity index is 1.56. The second-order valence-electron chi connectivity index (χ2n) is 11.3. The van der Waals surface area contributed by atoms with Crippen LogP contribution in [-0.4, -0.2) is 15.9 Å². The van der Waals surface area contributed by atoms with Crippen LogP contribution in [0.5, 0.6) is 5.75 Å². The van der Waals surface area contributed by atoms with E-state index >= 15 is 0 Å². The highest BCUT2D eigenvalue weighted by Crippen LogP contribution is 2.28. The van der Waals surface area contributed by atoms with Crippen LogP contribution in [0.2, 0.25) is 0 Å². The Labute approximate surface area is 243 Å². The SMILES string of the molecule is CCCCCCCCCc1ccc(OC(=O)C(C)Cc2ccccc2-c2nccc(C(CC)CCCC)n2)cc1. The topological polar surface area (TPSA) is 52.1 Å². The Morgan fingerprint density at radius 1 is 0.825 bits per heavy atom. The molecule has 0 amide bonds. The molecule has 216 valence electrons. The number of ether oxygens (including phenoxy) is 1. The van der Waals surface area contributed by atoms with Crippen molar-refractivity contribution in [3.8, 4) is 17.1 Å². The second-order valence-corrected chi connectivity index (χ2v) is 11.3. The molecular weight excluding hydrogens is 492 g/mol. The molecule has 1 heterocycles. The van der Waals surface area contributed by atoms with Crippen molar-refractivity contribution in [3.63, 3.8) is 0 Å². The summed E-state index contributed by atoms with van der Waals surface area (Å²) in [6.45, 7) is 8.65. The lowest BCUT2D eigenvalue weighted by atomic mass is 9.94. The van der Waals surface area contributed by atoms with Gasteiger partial charge >= 0.3 is 5.97 Å². The van der Waals surface area contributed by atoms with Gasteiger partial charge in [-0.05, 0) is 61.4 Å². The molecule has 0 saturated heterocycles. The number of carbonyl (C=O) groups is 1. The number of hydrogen-bond acceptors (Lipinski definition) is 4. The fourth-order valence-electron chi connectivity index (χ4n) is 5.30. The van der Waals surface area contributed by atoms with Crippen LogP contribution in [0, 0.1) is 5.92 Å². The van der Waals surface area contributed by atoms with Crippen molar-refractivity contribution < 1.29 is 9.53 Å². The van der Waals surface area contributed by atoms with Crippen molar-refractivity contribution in [2.45, 2.75) is 117 Å². The minimum atomic E-state index is -0.287. The summed E-state index contributed by atoms with van der Waals surface area (Å²) < 4.78 is 5.76. The van der Waals surface area contributed by atoms with Gasteiger partial charge in [0.15, 0.2) is 5.82 Å². The molecule has 1 aromatic heterocycles. The predicted octanol–water partition coefficient (Wildman–Crippen LogP) is 9.90. The number of rotatable bonds is 18. The van der Waals surface area contributed by atoms with Crippen LogP contribution >= 0.6 is 0 Å². The average Bonchev–Trinajstić information content (AvgIpc) is 2.98. The van der Waals surface area contributed by atoms with E-state index in [2.05, 4.69) is 56.1 Å². The van der Waals surface area contributed by atoms with Crippen LogP contribution in [0.3, 0.4) is 0 Å². The monoisotopic (exact) mass is 542 g/mol. The molecule has 3 rings (SSSR count). The van der Waals surface area contributed by atoms with E-state index in [9.17, 15) is 4.79 Å². The maximum atomic E-state index is 13.0. The lowest BCUT2D eigenvalue weighted by molar-refractivity contribution is -0.138. The first kappa shape index (κ1) is 31.5. The predicted molar refractivity (Wildman–Crippen MR) is 167 cm³/mol. The van der Waals surface area contributed by atoms with Gasteiger partial charge < -0.3 is 4.74 Å². The fraction of sp³-hybridized carbons (Fsp3) is 0.528.